The third kappa shape index (κ3) is 0.856. The Balaban J connectivity index is 2.13. The van der Waals surface area contributed by atoms with Gasteiger partial charge in [0.1, 0.15) is 0 Å². The fourth-order valence-corrected chi connectivity index (χ4v) is 1.56. The molecule has 10 heavy (non-hydrogen) atoms. The standard InChI is InChI=1S/C7H13N3/c1-6-5-10-4-2-3-8-7(10)9-6/h6H,2-5H2,1H3,(H,8,9). The quantitative estimate of drug-likeness (QED) is 0.513. The minimum Gasteiger partial charge on any atom is -0.352 e. The second-order valence-corrected chi connectivity index (χ2v) is 3.05. The van der Waals surface area contributed by atoms with E-state index in [-0.39, 0.29) is 0 Å². The first kappa shape index (κ1) is 6.01. The van der Waals surface area contributed by atoms with Gasteiger partial charge in [-0.15, -0.1) is 0 Å². The summed E-state index contributed by atoms with van der Waals surface area (Å²) in [5, 5.41) is 3.33. The van der Waals surface area contributed by atoms with Gasteiger partial charge in [-0.25, -0.2) is 0 Å². The Morgan fingerprint density at radius 1 is 1.70 bits per heavy atom. The van der Waals surface area contributed by atoms with E-state index in [1.807, 2.05) is 0 Å². The number of nitrogens with one attached hydrogen (secondary N) is 1. The Kier molecular flexibility index (Phi) is 1.29. The van der Waals surface area contributed by atoms with Crippen LogP contribution in [0.3, 0.4) is 0 Å². The molecule has 1 atom stereocenters. The molecule has 1 saturated heterocycles. The van der Waals surface area contributed by atoms with Crippen LogP contribution in [0, 0.1) is 0 Å². The van der Waals surface area contributed by atoms with Crippen molar-refractivity contribution in [2.45, 2.75) is 19.4 Å². The number of nitrogens with zero attached hydrogens (tertiary/aromatic N) is 2. The molecule has 2 aliphatic heterocycles. The van der Waals surface area contributed by atoms with Crippen molar-refractivity contribution in [3.05, 3.63) is 0 Å². The lowest BCUT2D eigenvalue weighted by Gasteiger charge is -2.20. The monoisotopic (exact) mass is 139 g/mol. The smallest absolute Gasteiger partial charge is 0.194 e. The van der Waals surface area contributed by atoms with Crippen molar-refractivity contribution in [2.75, 3.05) is 19.6 Å². The molecule has 0 saturated carbocycles. The summed E-state index contributed by atoms with van der Waals surface area (Å²) in [5.41, 5.74) is 0. The van der Waals surface area contributed by atoms with E-state index < -0.39 is 0 Å². The van der Waals surface area contributed by atoms with Crippen molar-refractivity contribution < 1.29 is 0 Å². The molecule has 1 unspecified atom stereocenters. The van der Waals surface area contributed by atoms with Crippen LogP contribution in [0.2, 0.25) is 0 Å². The molecular weight excluding hydrogens is 126 g/mol. The van der Waals surface area contributed by atoms with Crippen LogP contribution in [0.5, 0.6) is 0 Å². The molecule has 0 bridgehead atoms. The summed E-state index contributed by atoms with van der Waals surface area (Å²) in [6.07, 6.45) is 1.22. The van der Waals surface area contributed by atoms with Gasteiger partial charge in [0.25, 0.3) is 0 Å². The zero-order valence-electron chi connectivity index (χ0n) is 6.30. The van der Waals surface area contributed by atoms with Gasteiger partial charge in [0.15, 0.2) is 5.96 Å². The number of hydrogen-bond acceptors (Lipinski definition) is 3. The highest BCUT2D eigenvalue weighted by molar-refractivity contribution is 5.82. The molecule has 56 valence electrons. The van der Waals surface area contributed by atoms with Crippen LogP contribution < -0.4 is 5.32 Å². The normalized spacial score (nSPS) is 31.1. The number of fused-ring (bicyclic) bond motifs is 1. The Labute approximate surface area is 61.1 Å². The second-order valence-electron chi connectivity index (χ2n) is 3.05. The highest BCUT2D eigenvalue weighted by Crippen LogP contribution is 2.08. The lowest BCUT2D eigenvalue weighted by Crippen LogP contribution is -2.34. The Hall–Kier alpha value is -0.730. The summed E-state index contributed by atoms with van der Waals surface area (Å²) in [6.45, 7) is 5.53. The predicted octanol–water partition coefficient (Wildman–Crippen LogP) is 0.0398. The predicted molar refractivity (Wildman–Crippen MR) is 41.1 cm³/mol. The number of rotatable bonds is 0. The Bertz CT molecular complexity index is 164. The van der Waals surface area contributed by atoms with Gasteiger partial charge >= 0.3 is 0 Å². The summed E-state index contributed by atoms with van der Waals surface area (Å²) < 4.78 is 0. The van der Waals surface area contributed by atoms with Crippen LogP contribution in [0.25, 0.3) is 0 Å². The molecule has 2 heterocycles. The summed E-state index contributed by atoms with van der Waals surface area (Å²) in [7, 11) is 0. The minimum atomic E-state index is 0.594. The van der Waals surface area contributed by atoms with Gasteiger partial charge in [-0.2, -0.15) is 0 Å². The summed E-state index contributed by atoms with van der Waals surface area (Å²) in [6, 6.07) is 0.594. The third-order valence-electron chi connectivity index (χ3n) is 2.02. The van der Waals surface area contributed by atoms with Crippen molar-refractivity contribution >= 4 is 5.96 Å². The van der Waals surface area contributed by atoms with Crippen LogP contribution >= 0.6 is 0 Å². The molecule has 0 spiro atoms. The van der Waals surface area contributed by atoms with Gasteiger partial charge in [-0.1, -0.05) is 0 Å². The van der Waals surface area contributed by atoms with Crippen LogP contribution in [-0.4, -0.2) is 36.5 Å². The van der Waals surface area contributed by atoms with Gasteiger partial charge in [0.05, 0.1) is 0 Å². The van der Waals surface area contributed by atoms with Crippen molar-refractivity contribution in [2.24, 2.45) is 4.99 Å². The van der Waals surface area contributed by atoms with Crippen LogP contribution in [0.1, 0.15) is 13.3 Å². The Morgan fingerprint density at radius 2 is 2.60 bits per heavy atom. The molecule has 3 heteroatoms. The van der Waals surface area contributed by atoms with E-state index in [1.54, 1.807) is 0 Å². The molecule has 0 aromatic carbocycles. The third-order valence-corrected chi connectivity index (χ3v) is 2.02. The van der Waals surface area contributed by atoms with E-state index in [4.69, 9.17) is 0 Å². The Morgan fingerprint density at radius 3 is 3.40 bits per heavy atom. The first-order valence-electron chi connectivity index (χ1n) is 3.92. The molecule has 0 aromatic heterocycles. The van der Waals surface area contributed by atoms with Gasteiger partial charge in [0, 0.05) is 25.7 Å². The van der Waals surface area contributed by atoms with Crippen molar-refractivity contribution in [3.63, 3.8) is 0 Å². The van der Waals surface area contributed by atoms with E-state index in [1.165, 1.54) is 13.0 Å². The highest BCUT2D eigenvalue weighted by Gasteiger charge is 2.24. The average molecular weight is 139 g/mol. The zero-order chi connectivity index (χ0) is 6.97. The SMILES string of the molecule is CC1CN2CCCN=C2N1. The van der Waals surface area contributed by atoms with Gasteiger partial charge in [-0.05, 0) is 13.3 Å². The lowest BCUT2D eigenvalue weighted by atomic mass is 10.3. The maximum Gasteiger partial charge on any atom is 0.194 e. The summed E-state index contributed by atoms with van der Waals surface area (Å²) >= 11 is 0. The molecule has 0 aliphatic carbocycles. The number of guanidine groups is 1. The fraction of sp³-hybridized carbons (Fsp3) is 0.857. The van der Waals surface area contributed by atoms with Crippen LogP contribution in [-0.2, 0) is 0 Å². The summed E-state index contributed by atoms with van der Waals surface area (Å²) in [4.78, 5) is 6.70. The molecule has 1 fully saturated rings. The van der Waals surface area contributed by atoms with Gasteiger partial charge in [-0.3, -0.25) is 4.99 Å². The molecule has 3 nitrogen and oxygen atoms in total. The fourth-order valence-electron chi connectivity index (χ4n) is 1.56. The zero-order valence-corrected chi connectivity index (χ0v) is 6.30. The van der Waals surface area contributed by atoms with Gasteiger partial charge in [0.2, 0.25) is 0 Å². The molecule has 2 aliphatic rings. The van der Waals surface area contributed by atoms with E-state index in [0.717, 1.165) is 19.0 Å². The minimum absolute atomic E-state index is 0.594. The second kappa shape index (κ2) is 2.15. The highest BCUT2D eigenvalue weighted by atomic mass is 15.4. The van der Waals surface area contributed by atoms with Gasteiger partial charge < -0.3 is 10.2 Å². The average Bonchev–Trinajstić information content (AvgIpc) is 2.27. The van der Waals surface area contributed by atoms with Crippen LogP contribution in [0.4, 0.5) is 0 Å². The molecule has 0 aromatic rings. The van der Waals surface area contributed by atoms with Crippen molar-refractivity contribution in [3.8, 4) is 0 Å². The van der Waals surface area contributed by atoms with E-state index >= 15 is 0 Å². The first-order chi connectivity index (χ1) is 4.86. The van der Waals surface area contributed by atoms with Crippen molar-refractivity contribution in [1.82, 2.24) is 10.2 Å². The first-order valence-corrected chi connectivity index (χ1v) is 3.92. The number of hydrogen-bond donors (Lipinski definition) is 1. The topological polar surface area (TPSA) is 27.6 Å². The van der Waals surface area contributed by atoms with E-state index in [9.17, 15) is 0 Å². The molecular formula is C7H13N3. The summed E-state index contributed by atoms with van der Waals surface area (Å²) in [5.74, 6) is 1.12. The maximum atomic E-state index is 4.37. The van der Waals surface area contributed by atoms with E-state index in [2.05, 4.69) is 22.1 Å². The molecule has 0 radical (unpaired) electrons. The molecule has 0 amide bonds. The van der Waals surface area contributed by atoms with Crippen molar-refractivity contribution in [1.29, 1.82) is 0 Å². The molecule has 1 N–H and O–H groups in total. The van der Waals surface area contributed by atoms with E-state index in [0.29, 0.717) is 6.04 Å². The number of aliphatic imine (C=N–C) groups is 1. The lowest BCUT2D eigenvalue weighted by molar-refractivity contribution is 0.416. The van der Waals surface area contributed by atoms with Crippen LogP contribution in [0.15, 0.2) is 4.99 Å². The molecule has 2 rings (SSSR count). The largest absolute Gasteiger partial charge is 0.352 e. The maximum absolute atomic E-state index is 4.37.